The Bertz CT molecular complexity index is 497. The second-order valence-electron chi connectivity index (χ2n) is 5.94. The Morgan fingerprint density at radius 2 is 1.91 bits per heavy atom. The lowest BCUT2D eigenvalue weighted by Crippen LogP contribution is -2.44. The largest absolute Gasteiger partial charge is 0.354 e. The molecule has 6 heteroatoms. The molecule has 1 heterocycles. The first-order valence-electron chi connectivity index (χ1n) is 7.68. The summed E-state index contributed by atoms with van der Waals surface area (Å²) in [4.78, 5) is 28.0. The zero-order valence-electron chi connectivity index (χ0n) is 14.1. The van der Waals surface area contributed by atoms with E-state index in [-0.39, 0.29) is 24.0 Å². The fraction of sp³-hybridized carbons (Fsp3) is 0.625. The van der Waals surface area contributed by atoms with Gasteiger partial charge >= 0.3 is 6.03 Å². The molecule has 3 amide bonds. The Labute approximate surface area is 137 Å². The van der Waals surface area contributed by atoms with Crippen LogP contribution in [-0.2, 0) is 11.3 Å². The minimum absolute atomic E-state index is 0.0414. The van der Waals surface area contributed by atoms with Crippen molar-refractivity contribution in [2.45, 2.75) is 59.7 Å². The molecule has 0 radical (unpaired) electrons. The SMILES string of the molecule is Cc1ccc(CN(C(=O)NCCC(=O)NC(C)C)C(C)C)s1. The average Bonchev–Trinajstić information content (AvgIpc) is 2.80. The lowest BCUT2D eigenvalue weighted by molar-refractivity contribution is -0.121. The molecule has 0 aliphatic heterocycles. The summed E-state index contributed by atoms with van der Waals surface area (Å²) in [6.07, 6.45) is 0.300. The number of hydrogen-bond donors (Lipinski definition) is 2. The van der Waals surface area contributed by atoms with Gasteiger partial charge in [-0.3, -0.25) is 4.79 Å². The first-order valence-corrected chi connectivity index (χ1v) is 8.50. The van der Waals surface area contributed by atoms with E-state index in [2.05, 4.69) is 29.7 Å². The molecule has 22 heavy (non-hydrogen) atoms. The van der Waals surface area contributed by atoms with Crippen molar-refractivity contribution in [3.8, 4) is 0 Å². The molecule has 5 nitrogen and oxygen atoms in total. The number of carbonyl (C=O) groups excluding carboxylic acids is 2. The maximum absolute atomic E-state index is 12.3. The van der Waals surface area contributed by atoms with Gasteiger partial charge in [0.15, 0.2) is 0 Å². The van der Waals surface area contributed by atoms with Crippen LogP contribution in [0, 0.1) is 6.92 Å². The van der Waals surface area contributed by atoms with Gasteiger partial charge < -0.3 is 15.5 Å². The van der Waals surface area contributed by atoms with E-state index in [1.807, 2.05) is 27.7 Å². The highest BCUT2D eigenvalue weighted by atomic mass is 32.1. The zero-order valence-corrected chi connectivity index (χ0v) is 14.9. The van der Waals surface area contributed by atoms with Gasteiger partial charge in [0.05, 0.1) is 6.54 Å². The summed E-state index contributed by atoms with van der Waals surface area (Å²) in [5, 5.41) is 5.63. The van der Waals surface area contributed by atoms with Crippen LogP contribution in [0.3, 0.4) is 0 Å². The van der Waals surface area contributed by atoms with E-state index in [0.29, 0.717) is 19.5 Å². The fourth-order valence-corrected chi connectivity index (χ4v) is 2.89. The summed E-state index contributed by atoms with van der Waals surface area (Å²) in [5.74, 6) is -0.0414. The van der Waals surface area contributed by atoms with Crippen LogP contribution < -0.4 is 10.6 Å². The van der Waals surface area contributed by atoms with Gasteiger partial charge in [0.2, 0.25) is 5.91 Å². The van der Waals surface area contributed by atoms with Crippen molar-refractivity contribution in [1.29, 1.82) is 0 Å². The van der Waals surface area contributed by atoms with Crippen molar-refractivity contribution in [1.82, 2.24) is 15.5 Å². The second-order valence-corrected chi connectivity index (χ2v) is 7.31. The molecule has 0 aliphatic rings. The van der Waals surface area contributed by atoms with Crippen molar-refractivity contribution < 1.29 is 9.59 Å². The van der Waals surface area contributed by atoms with Gasteiger partial charge in [-0.1, -0.05) is 0 Å². The standard InChI is InChI=1S/C16H27N3O2S/c1-11(2)18-15(20)8-9-17-16(21)19(12(3)4)10-14-7-6-13(5)22-14/h6-7,11-12H,8-10H2,1-5H3,(H,17,21)(H,18,20). The lowest BCUT2D eigenvalue weighted by Gasteiger charge is -2.26. The summed E-state index contributed by atoms with van der Waals surface area (Å²) < 4.78 is 0. The third kappa shape index (κ3) is 6.47. The number of rotatable bonds is 7. The van der Waals surface area contributed by atoms with Gasteiger partial charge in [0.25, 0.3) is 0 Å². The van der Waals surface area contributed by atoms with Crippen LogP contribution >= 0.6 is 11.3 Å². The Morgan fingerprint density at radius 3 is 2.41 bits per heavy atom. The molecule has 1 aromatic heterocycles. The topological polar surface area (TPSA) is 61.4 Å². The van der Waals surface area contributed by atoms with Crippen LogP contribution in [0.2, 0.25) is 0 Å². The van der Waals surface area contributed by atoms with E-state index in [1.54, 1.807) is 16.2 Å². The van der Waals surface area contributed by atoms with Crippen molar-refractivity contribution in [2.75, 3.05) is 6.54 Å². The van der Waals surface area contributed by atoms with Crippen LogP contribution in [0.1, 0.15) is 43.9 Å². The Kier molecular flexibility index (Phi) is 7.38. The number of hydrogen-bond acceptors (Lipinski definition) is 3. The van der Waals surface area contributed by atoms with Crippen LogP contribution in [0.4, 0.5) is 4.79 Å². The molecular weight excluding hydrogens is 298 g/mol. The third-order valence-corrected chi connectivity index (χ3v) is 4.07. The smallest absolute Gasteiger partial charge is 0.317 e. The summed E-state index contributed by atoms with van der Waals surface area (Å²) in [7, 11) is 0. The molecule has 0 saturated heterocycles. The highest BCUT2D eigenvalue weighted by molar-refractivity contribution is 7.11. The van der Waals surface area contributed by atoms with Crippen LogP contribution in [0.5, 0.6) is 0 Å². The first-order chi connectivity index (χ1) is 10.3. The molecule has 124 valence electrons. The van der Waals surface area contributed by atoms with E-state index in [0.717, 1.165) is 0 Å². The minimum Gasteiger partial charge on any atom is -0.354 e. The van der Waals surface area contributed by atoms with Gasteiger partial charge in [-0.2, -0.15) is 0 Å². The van der Waals surface area contributed by atoms with E-state index in [9.17, 15) is 9.59 Å². The Hall–Kier alpha value is -1.56. The molecule has 0 saturated carbocycles. The molecule has 0 spiro atoms. The first kappa shape index (κ1) is 18.5. The zero-order chi connectivity index (χ0) is 16.7. The molecule has 0 aromatic carbocycles. The van der Waals surface area contributed by atoms with Gasteiger partial charge in [0, 0.05) is 34.8 Å². The highest BCUT2D eigenvalue weighted by Crippen LogP contribution is 2.18. The molecular formula is C16H27N3O2S. The summed E-state index contributed by atoms with van der Waals surface area (Å²) in [6.45, 7) is 10.8. The molecule has 2 N–H and O–H groups in total. The minimum atomic E-state index is -0.126. The molecule has 0 fully saturated rings. The normalized spacial score (nSPS) is 10.9. The van der Waals surface area contributed by atoms with Crippen LogP contribution in [-0.4, -0.2) is 35.5 Å². The maximum Gasteiger partial charge on any atom is 0.317 e. The van der Waals surface area contributed by atoms with Gasteiger partial charge in [-0.05, 0) is 46.8 Å². The monoisotopic (exact) mass is 325 g/mol. The molecule has 1 aromatic rings. The van der Waals surface area contributed by atoms with E-state index in [4.69, 9.17) is 0 Å². The van der Waals surface area contributed by atoms with Crippen molar-refractivity contribution in [2.24, 2.45) is 0 Å². The number of urea groups is 1. The van der Waals surface area contributed by atoms with Crippen molar-refractivity contribution in [3.05, 3.63) is 21.9 Å². The number of carbonyl (C=O) groups is 2. The third-order valence-electron chi connectivity index (χ3n) is 3.08. The second kappa shape index (κ2) is 8.78. The molecule has 1 rings (SSSR count). The summed E-state index contributed by atoms with van der Waals surface area (Å²) in [5.41, 5.74) is 0. The number of amides is 3. The number of nitrogens with zero attached hydrogens (tertiary/aromatic N) is 1. The Morgan fingerprint density at radius 1 is 1.23 bits per heavy atom. The van der Waals surface area contributed by atoms with Crippen molar-refractivity contribution >= 4 is 23.3 Å². The summed E-state index contributed by atoms with van der Waals surface area (Å²) >= 11 is 1.70. The van der Waals surface area contributed by atoms with E-state index < -0.39 is 0 Å². The van der Waals surface area contributed by atoms with E-state index >= 15 is 0 Å². The average molecular weight is 325 g/mol. The quantitative estimate of drug-likeness (QED) is 0.810. The van der Waals surface area contributed by atoms with Crippen molar-refractivity contribution in [3.63, 3.8) is 0 Å². The predicted molar refractivity (Wildman–Crippen MR) is 91.0 cm³/mol. The number of thiophene rings is 1. The predicted octanol–water partition coefficient (Wildman–Crippen LogP) is 2.89. The van der Waals surface area contributed by atoms with Gasteiger partial charge in [-0.25, -0.2) is 4.79 Å². The van der Waals surface area contributed by atoms with Gasteiger partial charge in [-0.15, -0.1) is 11.3 Å². The van der Waals surface area contributed by atoms with Crippen LogP contribution in [0.15, 0.2) is 12.1 Å². The molecule has 0 bridgehead atoms. The molecule has 0 atom stereocenters. The highest BCUT2D eigenvalue weighted by Gasteiger charge is 2.18. The molecule has 0 unspecified atom stereocenters. The Balaban J connectivity index is 2.46. The maximum atomic E-state index is 12.3. The lowest BCUT2D eigenvalue weighted by atomic mass is 10.3. The summed E-state index contributed by atoms with van der Waals surface area (Å²) in [6, 6.07) is 4.22. The fourth-order valence-electron chi connectivity index (χ4n) is 2.01. The van der Waals surface area contributed by atoms with Gasteiger partial charge in [0.1, 0.15) is 0 Å². The number of nitrogens with one attached hydrogen (secondary N) is 2. The van der Waals surface area contributed by atoms with E-state index in [1.165, 1.54) is 9.75 Å². The van der Waals surface area contributed by atoms with Crippen LogP contribution in [0.25, 0.3) is 0 Å². The molecule has 0 aliphatic carbocycles. The number of aryl methyl sites for hydroxylation is 1.